The Morgan fingerprint density at radius 1 is 1.62 bits per heavy atom. The minimum atomic E-state index is -0.418. The summed E-state index contributed by atoms with van der Waals surface area (Å²) in [4.78, 5) is 0. The average Bonchev–Trinajstić information content (AvgIpc) is 2.54. The highest BCUT2D eigenvalue weighted by molar-refractivity contribution is 5.19. The van der Waals surface area contributed by atoms with E-state index in [1.165, 1.54) is 0 Å². The number of nitrogens with two attached hydrogens (primary N) is 1. The first-order valence-electron chi connectivity index (χ1n) is 4.37. The number of rotatable bonds is 1. The quantitative estimate of drug-likeness (QED) is 0.676. The first-order valence-corrected chi connectivity index (χ1v) is 4.37. The van der Waals surface area contributed by atoms with Crippen LogP contribution in [0.25, 0.3) is 0 Å². The van der Waals surface area contributed by atoms with E-state index in [2.05, 4.69) is 10.2 Å². The highest BCUT2D eigenvalue weighted by Gasteiger charge is 2.34. The summed E-state index contributed by atoms with van der Waals surface area (Å²) in [5.74, 6) is 0. The fourth-order valence-electron chi connectivity index (χ4n) is 1.49. The molecule has 0 amide bonds. The summed E-state index contributed by atoms with van der Waals surface area (Å²) in [7, 11) is 0. The Hall–Kier alpha value is -1.00. The van der Waals surface area contributed by atoms with Crippen molar-refractivity contribution in [2.75, 3.05) is 13.2 Å². The molecule has 1 fully saturated rings. The summed E-state index contributed by atoms with van der Waals surface area (Å²) in [6, 6.07) is 1.97. The third kappa shape index (κ3) is 1.55. The van der Waals surface area contributed by atoms with Crippen LogP contribution < -0.4 is 5.73 Å². The molecular formula is C9H13N3O. The number of hydrogen-bond donors (Lipinski definition) is 1. The lowest BCUT2D eigenvalue weighted by molar-refractivity contribution is 0.177. The molecule has 1 aromatic rings. The Labute approximate surface area is 77.1 Å². The molecule has 2 rings (SSSR count). The molecule has 1 saturated heterocycles. The SMILES string of the molecule is Cc1cnnc(C2(N)CCOC2)c1. The van der Waals surface area contributed by atoms with E-state index in [0.717, 1.165) is 17.7 Å². The minimum Gasteiger partial charge on any atom is -0.379 e. The van der Waals surface area contributed by atoms with Crippen molar-refractivity contribution in [1.29, 1.82) is 0 Å². The van der Waals surface area contributed by atoms with E-state index in [1.807, 2.05) is 13.0 Å². The van der Waals surface area contributed by atoms with Crippen LogP contribution in [0.3, 0.4) is 0 Å². The zero-order valence-corrected chi connectivity index (χ0v) is 7.66. The highest BCUT2D eigenvalue weighted by atomic mass is 16.5. The summed E-state index contributed by atoms with van der Waals surface area (Å²) in [5.41, 5.74) is 7.63. The molecular weight excluding hydrogens is 166 g/mol. The van der Waals surface area contributed by atoms with Crippen molar-refractivity contribution in [3.63, 3.8) is 0 Å². The van der Waals surface area contributed by atoms with Crippen LogP contribution in [0.1, 0.15) is 17.7 Å². The Balaban J connectivity index is 2.33. The molecule has 1 aromatic heterocycles. The van der Waals surface area contributed by atoms with Gasteiger partial charge in [-0.25, -0.2) is 0 Å². The monoisotopic (exact) mass is 179 g/mol. The van der Waals surface area contributed by atoms with Crippen molar-refractivity contribution in [3.05, 3.63) is 23.5 Å². The molecule has 1 unspecified atom stereocenters. The van der Waals surface area contributed by atoms with Gasteiger partial charge in [-0.3, -0.25) is 0 Å². The Kier molecular flexibility index (Phi) is 2.01. The Bertz CT molecular complexity index is 307. The van der Waals surface area contributed by atoms with Crippen LogP contribution in [0.5, 0.6) is 0 Å². The van der Waals surface area contributed by atoms with Gasteiger partial charge in [0.25, 0.3) is 0 Å². The zero-order valence-electron chi connectivity index (χ0n) is 7.66. The molecule has 2 heterocycles. The normalized spacial score (nSPS) is 27.8. The van der Waals surface area contributed by atoms with Crippen LogP contribution in [0.2, 0.25) is 0 Å². The van der Waals surface area contributed by atoms with Crippen molar-refractivity contribution in [2.45, 2.75) is 18.9 Å². The molecule has 0 radical (unpaired) electrons. The van der Waals surface area contributed by atoms with Gasteiger partial charge < -0.3 is 10.5 Å². The van der Waals surface area contributed by atoms with Gasteiger partial charge >= 0.3 is 0 Å². The van der Waals surface area contributed by atoms with E-state index in [-0.39, 0.29) is 0 Å². The maximum Gasteiger partial charge on any atom is 0.0861 e. The van der Waals surface area contributed by atoms with Crippen molar-refractivity contribution in [2.24, 2.45) is 5.73 Å². The molecule has 0 spiro atoms. The Morgan fingerprint density at radius 3 is 3.08 bits per heavy atom. The topological polar surface area (TPSA) is 61.0 Å². The van der Waals surface area contributed by atoms with Gasteiger partial charge in [-0.15, -0.1) is 0 Å². The molecule has 0 aromatic carbocycles. The van der Waals surface area contributed by atoms with Gasteiger partial charge in [-0.1, -0.05) is 0 Å². The predicted octanol–water partition coefficient (Wildman–Crippen LogP) is 0.359. The van der Waals surface area contributed by atoms with E-state index in [9.17, 15) is 0 Å². The first kappa shape index (κ1) is 8.59. The molecule has 0 saturated carbocycles. The molecule has 2 N–H and O–H groups in total. The van der Waals surface area contributed by atoms with Crippen LogP contribution in [-0.2, 0) is 10.3 Å². The number of ether oxygens (including phenoxy) is 1. The summed E-state index contributed by atoms with van der Waals surface area (Å²) < 4.78 is 5.26. The van der Waals surface area contributed by atoms with Gasteiger partial charge in [-0.2, -0.15) is 10.2 Å². The Morgan fingerprint density at radius 2 is 2.46 bits per heavy atom. The zero-order chi connectivity index (χ0) is 9.31. The lowest BCUT2D eigenvalue weighted by atomic mass is 9.95. The summed E-state index contributed by atoms with van der Waals surface area (Å²) in [5, 5.41) is 7.93. The third-order valence-electron chi connectivity index (χ3n) is 2.35. The van der Waals surface area contributed by atoms with Crippen molar-refractivity contribution < 1.29 is 4.74 Å². The maximum atomic E-state index is 6.12. The van der Waals surface area contributed by atoms with Gasteiger partial charge in [0.1, 0.15) is 0 Å². The molecule has 0 bridgehead atoms. The minimum absolute atomic E-state index is 0.418. The number of aromatic nitrogens is 2. The number of aryl methyl sites for hydroxylation is 1. The smallest absolute Gasteiger partial charge is 0.0861 e. The number of nitrogens with zero attached hydrogens (tertiary/aromatic N) is 2. The maximum absolute atomic E-state index is 6.12. The highest BCUT2D eigenvalue weighted by Crippen LogP contribution is 2.25. The van der Waals surface area contributed by atoms with Crippen LogP contribution in [-0.4, -0.2) is 23.4 Å². The van der Waals surface area contributed by atoms with Crippen LogP contribution in [0, 0.1) is 6.92 Å². The largest absolute Gasteiger partial charge is 0.379 e. The van der Waals surface area contributed by atoms with Crippen molar-refractivity contribution >= 4 is 0 Å². The molecule has 0 aliphatic carbocycles. The van der Waals surface area contributed by atoms with E-state index in [1.54, 1.807) is 6.20 Å². The summed E-state index contributed by atoms with van der Waals surface area (Å²) in [6.07, 6.45) is 2.55. The lowest BCUT2D eigenvalue weighted by Gasteiger charge is -2.20. The molecule has 1 atom stereocenters. The first-order chi connectivity index (χ1) is 6.21. The van der Waals surface area contributed by atoms with Crippen LogP contribution in [0.4, 0.5) is 0 Å². The molecule has 1 aliphatic heterocycles. The fraction of sp³-hybridized carbons (Fsp3) is 0.556. The lowest BCUT2D eigenvalue weighted by Crippen LogP contribution is -2.38. The van der Waals surface area contributed by atoms with E-state index in [0.29, 0.717) is 13.2 Å². The standard InChI is InChI=1S/C9H13N3O/c1-7-4-8(12-11-5-7)9(10)2-3-13-6-9/h4-5H,2-3,6,10H2,1H3. The number of hydrogen-bond acceptors (Lipinski definition) is 4. The second kappa shape index (κ2) is 3.05. The summed E-state index contributed by atoms with van der Waals surface area (Å²) >= 11 is 0. The second-order valence-electron chi connectivity index (χ2n) is 3.58. The van der Waals surface area contributed by atoms with Gasteiger partial charge in [-0.05, 0) is 25.0 Å². The van der Waals surface area contributed by atoms with Crippen LogP contribution >= 0.6 is 0 Å². The van der Waals surface area contributed by atoms with Crippen molar-refractivity contribution in [3.8, 4) is 0 Å². The van der Waals surface area contributed by atoms with Gasteiger partial charge in [0, 0.05) is 6.61 Å². The molecule has 70 valence electrons. The summed E-state index contributed by atoms with van der Waals surface area (Å²) in [6.45, 7) is 3.24. The average molecular weight is 179 g/mol. The van der Waals surface area contributed by atoms with Crippen molar-refractivity contribution in [1.82, 2.24) is 10.2 Å². The second-order valence-corrected chi connectivity index (χ2v) is 3.58. The molecule has 13 heavy (non-hydrogen) atoms. The van der Waals surface area contributed by atoms with Crippen LogP contribution in [0.15, 0.2) is 12.3 Å². The van der Waals surface area contributed by atoms with Gasteiger partial charge in [0.15, 0.2) is 0 Å². The fourth-order valence-corrected chi connectivity index (χ4v) is 1.49. The molecule has 4 nitrogen and oxygen atoms in total. The molecule has 1 aliphatic rings. The predicted molar refractivity (Wildman–Crippen MR) is 48.1 cm³/mol. The molecule has 4 heteroatoms. The van der Waals surface area contributed by atoms with E-state index in [4.69, 9.17) is 10.5 Å². The van der Waals surface area contributed by atoms with Gasteiger partial charge in [0.2, 0.25) is 0 Å². The third-order valence-corrected chi connectivity index (χ3v) is 2.35. The van der Waals surface area contributed by atoms with Gasteiger partial charge in [0.05, 0.1) is 24.0 Å². The van der Waals surface area contributed by atoms with E-state index >= 15 is 0 Å². The van der Waals surface area contributed by atoms with E-state index < -0.39 is 5.54 Å².